The molecule has 1 atom stereocenters. The summed E-state index contributed by atoms with van der Waals surface area (Å²) in [6.45, 7) is -0.266. The van der Waals surface area contributed by atoms with Crippen LogP contribution < -0.4 is 11.1 Å². The fourth-order valence-electron chi connectivity index (χ4n) is 2.16. The molecule has 5 nitrogen and oxygen atoms in total. The Kier molecular flexibility index (Phi) is 2.49. The van der Waals surface area contributed by atoms with Gasteiger partial charge in [-0.1, -0.05) is 17.7 Å². The maximum Gasteiger partial charge on any atom is 0.221 e. The number of aromatic nitrogens is 2. The molecular formula is C12H9ClFN5. The molecule has 0 amide bonds. The van der Waals surface area contributed by atoms with Crippen molar-refractivity contribution in [2.45, 2.75) is 5.79 Å². The Morgan fingerprint density at radius 1 is 1.58 bits per heavy atom. The number of nitrogens with zero attached hydrogens (tertiary/aromatic N) is 3. The molecule has 3 N–H and O–H groups in total. The van der Waals surface area contributed by atoms with Crippen LogP contribution in [0.4, 0.5) is 10.2 Å². The summed E-state index contributed by atoms with van der Waals surface area (Å²) in [6.07, 6.45) is 1.37. The minimum absolute atomic E-state index is 0.251. The first-order valence-corrected chi connectivity index (χ1v) is 5.92. The molecule has 1 aromatic heterocycles. The van der Waals surface area contributed by atoms with Crippen LogP contribution in [0.25, 0.3) is 5.69 Å². The highest BCUT2D eigenvalue weighted by atomic mass is 35.5. The van der Waals surface area contributed by atoms with E-state index in [4.69, 9.17) is 22.6 Å². The lowest BCUT2D eigenvalue weighted by atomic mass is 10.00. The fourth-order valence-corrected chi connectivity index (χ4v) is 2.33. The van der Waals surface area contributed by atoms with Crippen LogP contribution >= 0.6 is 11.6 Å². The second-order valence-corrected chi connectivity index (χ2v) is 4.66. The first-order chi connectivity index (χ1) is 9.09. The summed E-state index contributed by atoms with van der Waals surface area (Å²) >= 11 is 5.94. The predicted octanol–water partition coefficient (Wildman–Crippen LogP) is 1.90. The summed E-state index contributed by atoms with van der Waals surface area (Å²) in [5.74, 6) is -1.66. The first-order valence-electron chi connectivity index (χ1n) is 5.55. The highest BCUT2D eigenvalue weighted by Crippen LogP contribution is 2.39. The topological polar surface area (TPSA) is 79.7 Å². The largest absolute Gasteiger partial charge is 0.332 e. The summed E-state index contributed by atoms with van der Waals surface area (Å²) < 4.78 is 16.3. The van der Waals surface area contributed by atoms with Crippen LogP contribution in [0.1, 0.15) is 11.1 Å². The third-order valence-corrected chi connectivity index (χ3v) is 3.34. The molecule has 0 spiro atoms. The number of nitriles is 1. The van der Waals surface area contributed by atoms with Crippen molar-refractivity contribution in [1.29, 1.82) is 5.26 Å². The Bertz CT molecular complexity index is 705. The standard InChI is InChI=1S/C12H9ClFN5/c13-8-1-2-9-10(3-8)19-11(7(4-15)5-17-19)18-12(9,14)6-16/h1-3,5,18H,6,16H2. The lowest BCUT2D eigenvalue weighted by Crippen LogP contribution is -2.42. The number of hydrogen-bond donors (Lipinski definition) is 2. The maximum absolute atomic E-state index is 14.9. The van der Waals surface area contributed by atoms with Gasteiger partial charge in [-0.2, -0.15) is 10.4 Å². The van der Waals surface area contributed by atoms with Crippen molar-refractivity contribution >= 4 is 17.4 Å². The molecule has 0 bridgehead atoms. The van der Waals surface area contributed by atoms with E-state index in [0.717, 1.165) is 0 Å². The number of benzene rings is 1. The summed E-state index contributed by atoms with van der Waals surface area (Å²) in [4.78, 5) is 0. The number of nitrogens with one attached hydrogen (secondary N) is 1. The molecule has 0 radical (unpaired) electrons. The van der Waals surface area contributed by atoms with E-state index in [1.54, 1.807) is 18.2 Å². The molecule has 96 valence electrons. The zero-order valence-corrected chi connectivity index (χ0v) is 10.4. The maximum atomic E-state index is 14.9. The number of hydrogen-bond acceptors (Lipinski definition) is 4. The lowest BCUT2D eigenvalue weighted by Gasteiger charge is -2.33. The zero-order valence-electron chi connectivity index (χ0n) is 9.69. The molecule has 19 heavy (non-hydrogen) atoms. The number of nitrogens with two attached hydrogens (primary N) is 1. The predicted molar refractivity (Wildman–Crippen MR) is 68.8 cm³/mol. The van der Waals surface area contributed by atoms with Crippen LogP contribution in [0.5, 0.6) is 0 Å². The smallest absolute Gasteiger partial charge is 0.221 e. The van der Waals surface area contributed by atoms with Gasteiger partial charge in [0, 0.05) is 10.6 Å². The summed E-state index contributed by atoms with van der Waals surface area (Å²) in [7, 11) is 0. The van der Waals surface area contributed by atoms with Crippen molar-refractivity contribution in [2.75, 3.05) is 11.9 Å². The van der Waals surface area contributed by atoms with Crippen molar-refractivity contribution in [3.05, 3.63) is 40.5 Å². The van der Waals surface area contributed by atoms with Gasteiger partial charge in [0.05, 0.1) is 18.4 Å². The molecule has 1 aliphatic rings. The molecule has 3 rings (SSSR count). The van der Waals surface area contributed by atoms with Crippen LogP contribution in [-0.4, -0.2) is 16.3 Å². The van der Waals surface area contributed by atoms with Gasteiger partial charge in [-0.15, -0.1) is 0 Å². The Balaban J connectivity index is 2.33. The van der Waals surface area contributed by atoms with E-state index in [9.17, 15) is 4.39 Å². The van der Waals surface area contributed by atoms with Gasteiger partial charge in [0.1, 0.15) is 11.6 Å². The van der Waals surface area contributed by atoms with Gasteiger partial charge < -0.3 is 11.1 Å². The lowest BCUT2D eigenvalue weighted by molar-refractivity contribution is 0.209. The van der Waals surface area contributed by atoms with E-state index in [1.165, 1.54) is 10.9 Å². The van der Waals surface area contributed by atoms with Gasteiger partial charge in [-0.25, -0.2) is 9.07 Å². The van der Waals surface area contributed by atoms with E-state index in [0.29, 0.717) is 16.3 Å². The summed E-state index contributed by atoms with van der Waals surface area (Å²) in [5, 5.41) is 16.2. The molecule has 0 saturated heterocycles. The van der Waals surface area contributed by atoms with Gasteiger partial charge in [0.25, 0.3) is 0 Å². The van der Waals surface area contributed by atoms with Crippen molar-refractivity contribution in [2.24, 2.45) is 5.73 Å². The average molecular weight is 278 g/mol. The molecule has 2 heterocycles. The highest BCUT2D eigenvalue weighted by Gasteiger charge is 2.39. The van der Waals surface area contributed by atoms with Crippen LogP contribution in [0.15, 0.2) is 24.4 Å². The van der Waals surface area contributed by atoms with E-state index >= 15 is 0 Å². The van der Waals surface area contributed by atoms with Crippen molar-refractivity contribution < 1.29 is 4.39 Å². The molecule has 0 aliphatic carbocycles. The fraction of sp³-hybridized carbons (Fsp3) is 0.167. The van der Waals surface area contributed by atoms with Crippen molar-refractivity contribution in [3.63, 3.8) is 0 Å². The number of rotatable bonds is 1. The Labute approximate surface area is 113 Å². The van der Waals surface area contributed by atoms with Crippen molar-refractivity contribution in [1.82, 2.24) is 9.78 Å². The van der Waals surface area contributed by atoms with Gasteiger partial charge in [-0.3, -0.25) is 0 Å². The quantitative estimate of drug-likeness (QED) is 0.780. The normalized spacial score (nSPS) is 20.1. The monoisotopic (exact) mass is 277 g/mol. The van der Waals surface area contributed by atoms with Crippen LogP contribution in [0, 0.1) is 11.3 Å². The average Bonchev–Trinajstić information content (AvgIpc) is 2.81. The summed E-state index contributed by atoms with van der Waals surface area (Å²) in [6, 6.07) is 6.71. The second-order valence-electron chi connectivity index (χ2n) is 4.22. The Morgan fingerprint density at radius 3 is 3.05 bits per heavy atom. The van der Waals surface area contributed by atoms with Gasteiger partial charge in [0.2, 0.25) is 5.79 Å². The molecule has 0 saturated carbocycles. The molecular weight excluding hydrogens is 269 g/mol. The van der Waals surface area contributed by atoms with E-state index in [2.05, 4.69) is 10.4 Å². The SMILES string of the molecule is N#Cc1cnn2c1NC(F)(CN)c1ccc(Cl)cc1-2. The van der Waals surface area contributed by atoms with Gasteiger partial charge in [-0.05, 0) is 12.1 Å². The molecule has 1 unspecified atom stereocenters. The molecule has 1 aromatic carbocycles. The number of halogens is 2. The third kappa shape index (κ3) is 1.59. The van der Waals surface area contributed by atoms with Crippen molar-refractivity contribution in [3.8, 4) is 11.8 Å². The Morgan fingerprint density at radius 2 is 2.37 bits per heavy atom. The van der Waals surface area contributed by atoms with E-state index in [-0.39, 0.29) is 17.9 Å². The first kappa shape index (κ1) is 12.0. The molecule has 7 heteroatoms. The Hall–Kier alpha value is -2.10. The molecule has 0 fully saturated rings. The number of fused-ring (bicyclic) bond motifs is 3. The van der Waals surface area contributed by atoms with E-state index < -0.39 is 5.79 Å². The van der Waals surface area contributed by atoms with E-state index in [1.807, 2.05) is 6.07 Å². The highest BCUT2D eigenvalue weighted by molar-refractivity contribution is 6.30. The van der Waals surface area contributed by atoms with Crippen LogP contribution in [0.3, 0.4) is 0 Å². The van der Waals surface area contributed by atoms with Gasteiger partial charge in [0.15, 0.2) is 5.82 Å². The minimum atomic E-state index is -1.94. The minimum Gasteiger partial charge on any atom is -0.332 e. The number of alkyl halides is 1. The summed E-state index contributed by atoms with van der Waals surface area (Å²) in [5.41, 5.74) is 6.60. The van der Waals surface area contributed by atoms with Crippen LogP contribution in [0.2, 0.25) is 5.02 Å². The van der Waals surface area contributed by atoms with Gasteiger partial charge >= 0.3 is 0 Å². The molecule has 1 aliphatic heterocycles. The zero-order chi connectivity index (χ0) is 13.6. The molecule has 2 aromatic rings. The third-order valence-electron chi connectivity index (χ3n) is 3.10. The second kappa shape index (κ2) is 3.95. The number of anilines is 1. The van der Waals surface area contributed by atoms with Crippen LogP contribution in [-0.2, 0) is 5.79 Å².